The van der Waals surface area contributed by atoms with E-state index in [-0.39, 0.29) is 0 Å². The molecule has 0 spiro atoms. The molecule has 0 rings (SSSR count). The summed E-state index contributed by atoms with van der Waals surface area (Å²) >= 11 is 3.77. The van der Waals surface area contributed by atoms with Gasteiger partial charge in [-0.05, 0) is 26.4 Å². The van der Waals surface area contributed by atoms with E-state index in [1.54, 1.807) is 0 Å². The van der Waals surface area contributed by atoms with Gasteiger partial charge in [-0.1, -0.05) is 11.6 Å². The fraction of sp³-hybridized carbons (Fsp3) is 0.714. The summed E-state index contributed by atoms with van der Waals surface area (Å²) in [5.41, 5.74) is 1.41. The topological polar surface area (TPSA) is 0 Å². The smallest absolute Gasteiger partial charge is 0.0679 e. The number of rotatable bonds is 3. The Labute approximate surface area is 66.5 Å². The lowest BCUT2D eigenvalue weighted by Gasteiger charge is -2.04. The molecule has 0 aliphatic carbocycles. The Hall–Kier alpha value is 0.440. The Bertz CT molecular complexity index is 89.1. The SMILES string of the molecule is CSC(C=C(C)C)SC. The van der Waals surface area contributed by atoms with Crippen molar-refractivity contribution in [1.29, 1.82) is 0 Å². The van der Waals surface area contributed by atoms with E-state index in [0.29, 0.717) is 4.58 Å². The second-order valence-corrected chi connectivity index (χ2v) is 4.34. The summed E-state index contributed by atoms with van der Waals surface area (Å²) in [5.74, 6) is 0. The molecule has 0 aromatic carbocycles. The highest BCUT2D eigenvalue weighted by molar-refractivity contribution is 8.16. The minimum Gasteiger partial charge on any atom is -0.147 e. The summed E-state index contributed by atoms with van der Waals surface area (Å²) in [6, 6.07) is 0. The minimum atomic E-state index is 0.648. The van der Waals surface area contributed by atoms with Crippen molar-refractivity contribution in [2.75, 3.05) is 12.5 Å². The van der Waals surface area contributed by atoms with E-state index >= 15 is 0 Å². The molecule has 0 heterocycles. The quantitative estimate of drug-likeness (QED) is 0.462. The number of hydrogen-bond acceptors (Lipinski definition) is 2. The van der Waals surface area contributed by atoms with Gasteiger partial charge in [0.1, 0.15) is 0 Å². The van der Waals surface area contributed by atoms with Crippen molar-refractivity contribution in [3.05, 3.63) is 11.6 Å². The van der Waals surface area contributed by atoms with Crippen LogP contribution in [-0.4, -0.2) is 17.1 Å². The van der Waals surface area contributed by atoms with E-state index in [1.807, 2.05) is 23.5 Å². The minimum absolute atomic E-state index is 0.648. The Morgan fingerprint density at radius 3 is 1.78 bits per heavy atom. The molecule has 0 aromatic heterocycles. The van der Waals surface area contributed by atoms with Crippen LogP contribution in [0.1, 0.15) is 13.8 Å². The second-order valence-electron chi connectivity index (χ2n) is 2.08. The largest absolute Gasteiger partial charge is 0.147 e. The zero-order valence-electron chi connectivity index (χ0n) is 6.47. The Morgan fingerprint density at radius 1 is 1.22 bits per heavy atom. The van der Waals surface area contributed by atoms with E-state index in [0.717, 1.165) is 0 Å². The highest BCUT2D eigenvalue weighted by atomic mass is 32.2. The van der Waals surface area contributed by atoms with E-state index in [2.05, 4.69) is 32.4 Å². The van der Waals surface area contributed by atoms with Crippen molar-refractivity contribution in [2.24, 2.45) is 0 Å². The van der Waals surface area contributed by atoms with Gasteiger partial charge in [-0.25, -0.2) is 0 Å². The molecular weight excluding hydrogens is 148 g/mol. The van der Waals surface area contributed by atoms with Crippen molar-refractivity contribution in [3.63, 3.8) is 0 Å². The van der Waals surface area contributed by atoms with Crippen LogP contribution in [0.3, 0.4) is 0 Å². The van der Waals surface area contributed by atoms with E-state index < -0.39 is 0 Å². The highest BCUT2D eigenvalue weighted by Gasteiger charge is 1.97. The molecule has 54 valence electrons. The summed E-state index contributed by atoms with van der Waals surface area (Å²) in [4.78, 5) is 0. The molecule has 0 unspecified atom stereocenters. The monoisotopic (exact) mass is 162 g/mol. The Balaban J connectivity index is 3.68. The molecule has 0 aliphatic rings. The van der Waals surface area contributed by atoms with Crippen LogP contribution in [0, 0.1) is 0 Å². The Morgan fingerprint density at radius 2 is 1.67 bits per heavy atom. The highest BCUT2D eigenvalue weighted by Crippen LogP contribution is 2.20. The predicted molar refractivity (Wildman–Crippen MR) is 50.2 cm³/mol. The van der Waals surface area contributed by atoms with Crippen molar-refractivity contribution in [2.45, 2.75) is 18.4 Å². The van der Waals surface area contributed by atoms with Crippen LogP contribution in [0.25, 0.3) is 0 Å². The molecule has 0 bridgehead atoms. The first-order valence-corrected chi connectivity index (χ1v) is 5.49. The van der Waals surface area contributed by atoms with Crippen molar-refractivity contribution in [1.82, 2.24) is 0 Å². The third-order valence-corrected chi connectivity index (χ3v) is 3.29. The lowest BCUT2D eigenvalue weighted by atomic mass is 10.3. The predicted octanol–water partition coefficient (Wildman–Crippen LogP) is 3.00. The first kappa shape index (κ1) is 9.44. The maximum absolute atomic E-state index is 2.29. The lowest BCUT2D eigenvalue weighted by Crippen LogP contribution is -1.88. The van der Waals surface area contributed by atoms with Crippen molar-refractivity contribution >= 4 is 23.5 Å². The molecule has 0 aromatic rings. The standard InChI is InChI=1S/C7H14S2/c1-6(2)5-7(8-3)9-4/h5,7H,1-4H3. The van der Waals surface area contributed by atoms with Crippen LogP contribution in [0.5, 0.6) is 0 Å². The molecular formula is C7H14S2. The van der Waals surface area contributed by atoms with Gasteiger partial charge in [0.2, 0.25) is 0 Å². The van der Waals surface area contributed by atoms with Crippen LogP contribution >= 0.6 is 23.5 Å². The van der Waals surface area contributed by atoms with Gasteiger partial charge < -0.3 is 0 Å². The van der Waals surface area contributed by atoms with Crippen molar-refractivity contribution in [3.8, 4) is 0 Å². The maximum Gasteiger partial charge on any atom is 0.0679 e. The van der Waals surface area contributed by atoms with E-state index in [1.165, 1.54) is 5.57 Å². The summed E-state index contributed by atoms with van der Waals surface area (Å²) in [5, 5.41) is 0. The fourth-order valence-electron chi connectivity index (χ4n) is 0.504. The normalized spacial score (nSPS) is 9.89. The first-order valence-electron chi connectivity index (χ1n) is 2.91. The molecule has 0 aliphatic heterocycles. The summed E-state index contributed by atoms with van der Waals surface area (Å²) in [6.45, 7) is 4.28. The van der Waals surface area contributed by atoms with Gasteiger partial charge in [-0.15, -0.1) is 23.5 Å². The third-order valence-electron chi connectivity index (χ3n) is 0.934. The number of thioether (sulfide) groups is 2. The number of allylic oxidation sites excluding steroid dienone is 1. The van der Waals surface area contributed by atoms with Gasteiger partial charge in [0.25, 0.3) is 0 Å². The van der Waals surface area contributed by atoms with Crippen LogP contribution in [0.4, 0.5) is 0 Å². The second kappa shape index (κ2) is 5.24. The summed E-state index contributed by atoms with van der Waals surface area (Å²) in [7, 11) is 0. The molecule has 9 heavy (non-hydrogen) atoms. The van der Waals surface area contributed by atoms with E-state index in [9.17, 15) is 0 Å². The Kier molecular flexibility index (Phi) is 5.50. The molecule has 0 amide bonds. The van der Waals surface area contributed by atoms with Crippen LogP contribution in [-0.2, 0) is 0 Å². The summed E-state index contributed by atoms with van der Waals surface area (Å²) in [6.07, 6.45) is 6.57. The van der Waals surface area contributed by atoms with Crippen LogP contribution in [0.15, 0.2) is 11.6 Å². The molecule has 0 nitrogen and oxygen atoms in total. The zero-order chi connectivity index (χ0) is 7.28. The molecule has 0 N–H and O–H groups in total. The zero-order valence-corrected chi connectivity index (χ0v) is 8.10. The average Bonchev–Trinajstić information content (AvgIpc) is 1.82. The summed E-state index contributed by atoms with van der Waals surface area (Å²) < 4.78 is 0.648. The fourth-order valence-corrected chi connectivity index (χ4v) is 2.09. The molecule has 2 heteroatoms. The van der Waals surface area contributed by atoms with Crippen LogP contribution in [0.2, 0.25) is 0 Å². The van der Waals surface area contributed by atoms with E-state index in [4.69, 9.17) is 0 Å². The molecule has 0 radical (unpaired) electrons. The first-order chi connectivity index (χ1) is 4.20. The van der Waals surface area contributed by atoms with Gasteiger partial charge >= 0.3 is 0 Å². The van der Waals surface area contributed by atoms with Gasteiger partial charge in [0.05, 0.1) is 4.58 Å². The molecule has 0 saturated heterocycles. The number of hydrogen-bond donors (Lipinski definition) is 0. The van der Waals surface area contributed by atoms with Gasteiger partial charge in [-0.2, -0.15) is 0 Å². The third kappa shape index (κ3) is 4.91. The lowest BCUT2D eigenvalue weighted by molar-refractivity contribution is 1.35. The molecule has 0 atom stereocenters. The average molecular weight is 162 g/mol. The van der Waals surface area contributed by atoms with Crippen LogP contribution < -0.4 is 0 Å². The van der Waals surface area contributed by atoms with Gasteiger partial charge in [-0.3, -0.25) is 0 Å². The van der Waals surface area contributed by atoms with Gasteiger partial charge in [0.15, 0.2) is 0 Å². The molecule has 0 fully saturated rings. The van der Waals surface area contributed by atoms with Gasteiger partial charge in [0, 0.05) is 0 Å². The molecule has 0 saturated carbocycles. The maximum atomic E-state index is 2.29. The van der Waals surface area contributed by atoms with Crippen molar-refractivity contribution < 1.29 is 0 Å².